The summed E-state index contributed by atoms with van der Waals surface area (Å²) in [5, 5.41) is 0.729. The van der Waals surface area contributed by atoms with Gasteiger partial charge >= 0.3 is 0 Å². The maximum Gasteiger partial charge on any atom is 0.0574 e. The molecule has 4 rings (SSSR count). The van der Waals surface area contributed by atoms with Gasteiger partial charge in [0.05, 0.1) is 5.71 Å². The first-order valence-corrected chi connectivity index (χ1v) is 14.2. The van der Waals surface area contributed by atoms with E-state index < -0.39 is 0 Å². The summed E-state index contributed by atoms with van der Waals surface area (Å²) in [4.78, 5) is 8.74. The minimum Gasteiger partial charge on any atom is -0.378 e. The van der Waals surface area contributed by atoms with Crippen molar-refractivity contribution in [1.82, 2.24) is 0 Å². The second-order valence-corrected chi connectivity index (χ2v) is 10.6. The molecule has 0 atom stereocenters. The van der Waals surface area contributed by atoms with Crippen LogP contribution in [0.5, 0.6) is 0 Å². The molecule has 0 unspecified atom stereocenters. The van der Waals surface area contributed by atoms with Gasteiger partial charge in [-0.25, -0.2) is 0 Å². The molecule has 3 aromatic carbocycles. The molecule has 0 aromatic heterocycles. The van der Waals surface area contributed by atoms with Gasteiger partial charge in [-0.2, -0.15) is 0 Å². The van der Waals surface area contributed by atoms with Crippen LogP contribution in [-0.2, 0) is 0 Å². The number of benzene rings is 3. The Labute approximate surface area is 250 Å². The van der Waals surface area contributed by atoms with Crippen molar-refractivity contribution < 1.29 is 0 Å². The Bertz CT molecular complexity index is 1510. The number of aliphatic imine (C=N–C) groups is 1. The van der Waals surface area contributed by atoms with E-state index in [9.17, 15) is 0 Å². The summed E-state index contributed by atoms with van der Waals surface area (Å²) in [6.45, 7) is 2.83. The van der Waals surface area contributed by atoms with Gasteiger partial charge in [0.15, 0.2) is 0 Å². The highest BCUT2D eigenvalue weighted by atomic mass is 35.5. The van der Waals surface area contributed by atoms with Crippen molar-refractivity contribution in [3.8, 4) is 0 Å². The van der Waals surface area contributed by atoms with Crippen LogP contribution in [0.1, 0.15) is 23.6 Å². The lowest BCUT2D eigenvalue weighted by atomic mass is 9.95. The maximum absolute atomic E-state index is 6.18. The molecular weight excluding hydrogens is 522 g/mol. The van der Waals surface area contributed by atoms with Crippen LogP contribution >= 0.6 is 11.6 Å². The topological polar surface area (TPSA) is 18.8 Å². The summed E-state index contributed by atoms with van der Waals surface area (Å²) >= 11 is 6.18. The van der Waals surface area contributed by atoms with Gasteiger partial charge < -0.3 is 9.80 Å². The van der Waals surface area contributed by atoms with Gasteiger partial charge in [-0.05, 0) is 88.9 Å². The molecule has 4 heteroatoms. The smallest absolute Gasteiger partial charge is 0.0574 e. The Kier molecular flexibility index (Phi) is 10.4. The Balaban J connectivity index is 1.66. The van der Waals surface area contributed by atoms with E-state index in [0.29, 0.717) is 0 Å². The van der Waals surface area contributed by atoms with E-state index in [4.69, 9.17) is 11.6 Å². The number of rotatable bonds is 9. The Morgan fingerprint density at radius 1 is 0.659 bits per heavy atom. The Hall–Kier alpha value is -4.34. The van der Waals surface area contributed by atoms with Crippen molar-refractivity contribution in [2.24, 2.45) is 4.99 Å². The van der Waals surface area contributed by atoms with Gasteiger partial charge in [0.2, 0.25) is 0 Å². The molecule has 0 radical (unpaired) electrons. The molecule has 3 aromatic rings. The first-order valence-electron chi connectivity index (χ1n) is 13.9. The van der Waals surface area contributed by atoms with Crippen LogP contribution in [0.25, 0.3) is 11.1 Å². The van der Waals surface area contributed by atoms with Gasteiger partial charge in [0.1, 0.15) is 0 Å². The fourth-order valence-electron chi connectivity index (χ4n) is 4.52. The molecule has 0 N–H and O–H groups in total. The molecule has 3 nitrogen and oxygen atoms in total. The van der Waals surface area contributed by atoms with E-state index in [-0.39, 0.29) is 0 Å². The predicted octanol–water partition coefficient (Wildman–Crippen LogP) is 9.06. The molecule has 0 spiro atoms. The normalized spacial score (nSPS) is 13.4. The standard InChI is InChI=1S/C37H38ClN3/c1-6-39-33-22-14-29(15-23-33)37(31-18-26-35(27-19-31)41(4)5)11-9-7-8-10-36(28-12-20-32(38)21-13-28)30-16-24-34(25-17-30)40(2)3/h7-27H,6H2,1-5H3. The summed E-state index contributed by atoms with van der Waals surface area (Å²) in [7, 11) is 8.22. The van der Waals surface area contributed by atoms with Crippen LogP contribution in [-0.4, -0.2) is 40.4 Å². The predicted molar refractivity (Wildman–Crippen MR) is 182 cm³/mol. The minimum atomic E-state index is 0.729. The molecule has 1 aliphatic rings. The minimum absolute atomic E-state index is 0.729. The summed E-state index contributed by atoms with van der Waals surface area (Å²) < 4.78 is 0. The Morgan fingerprint density at radius 2 is 1.17 bits per heavy atom. The third-order valence-corrected chi connectivity index (χ3v) is 7.06. The maximum atomic E-state index is 6.18. The number of anilines is 2. The van der Waals surface area contributed by atoms with Gasteiger partial charge in [-0.15, -0.1) is 0 Å². The van der Waals surface area contributed by atoms with Crippen molar-refractivity contribution >= 4 is 39.8 Å². The van der Waals surface area contributed by atoms with Gasteiger partial charge in [0.25, 0.3) is 0 Å². The SMILES string of the molecule is CCN=C1C=CC(=C(C=CC=CC=C(c2ccc(Cl)cc2)c2ccc(N(C)C)cc2)c2ccc(N(C)C)cc2)C=C1. The highest BCUT2D eigenvalue weighted by molar-refractivity contribution is 6.30. The van der Waals surface area contributed by atoms with Crippen LogP contribution in [0.2, 0.25) is 5.02 Å². The number of hydrogen-bond donors (Lipinski definition) is 0. The van der Waals surface area contributed by atoms with Crippen LogP contribution in [0.15, 0.2) is 138 Å². The monoisotopic (exact) mass is 559 g/mol. The summed E-state index contributed by atoms with van der Waals surface area (Å²) in [5.41, 5.74) is 10.2. The third-order valence-electron chi connectivity index (χ3n) is 6.81. The molecule has 0 heterocycles. The van der Waals surface area contributed by atoms with Crippen molar-refractivity contribution in [2.45, 2.75) is 6.92 Å². The van der Waals surface area contributed by atoms with Crippen LogP contribution in [0, 0.1) is 0 Å². The molecule has 0 fully saturated rings. The number of hydrogen-bond acceptors (Lipinski definition) is 3. The molecule has 0 bridgehead atoms. The highest BCUT2D eigenvalue weighted by Crippen LogP contribution is 2.28. The molecule has 41 heavy (non-hydrogen) atoms. The first-order chi connectivity index (χ1) is 19.9. The van der Waals surface area contributed by atoms with E-state index >= 15 is 0 Å². The van der Waals surface area contributed by atoms with E-state index in [1.165, 1.54) is 16.9 Å². The molecular formula is C37H38ClN3. The van der Waals surface area contributed by atoms with E-state index in [1.807, 2.05) is 12.1 Å². The number of allylic oxidation sites excluding steroid dienone is 11. The van der Waals surface area contributed by atoms with Gasteiger partial charge in [-0.1, -0.05) is 90.5 Å². The van der Waals surface area contributed by atoms with Gasteiger partial charge in [0, 0.05) is 51.1 Å². The van der Waals surface area contributed by atoms with Crippen molar-refractivity contribution in [1.29, 1.82) is 0 Å². The summed E-state index contributed by atoms with van der Waals surface area (Å²) in [6.07, 6.45) is 19.1. The molecule has 1 aliphatic carbocycles. The number of halogens is 1. The van der Waals surface area contributed by atoms with E-state index in [2.05, 4.69) is 165 Å². The fraction of sp³-hybridized carbons (Fsp3) is 0.162. The van der Waals surface area contributed by atoms with Crippen LogP contribution < -0.4 is 9.80 Å². The van der Waals surface area contributed by atoms with E-state index in [0.717, 1.165) is 45.1 Å². The largest absolute Gasteiger partial charge is 0.378 e. The van der Waals surface area contributed by atoms with Crippen LogP contribution in [0.3, 0.4) is 0 Å². The zero-order valence-corrected chi connectivity index (χ0v) is 25.3. The van der Waals surface area contributed by atoms with Gasteiger partial charge in [-0.3, -0.25) is 4.99 Å². The number of nitrogens with zero attached hydrogens (tertiary/aromatic N) is 3. The highest BCUT2D eigenvalue weighted by Gasteiger charge is 2.08. The van der Waals surface area contributed by atoms with Crippen LogP contribution in [0.4, 0.5) is 11.4 Å². The molecule has 208 valence electrons. The quantitative estimate of drug-likeness (QED) is 0.243. The first kappa shape index (κ1) is 29.6. The lowest BCUT2D eigenvalue weighted by Crippen LogP contribution is -2.08. The Morgan fingerprint density at radius 3 is 1.68 bits per heavy atom. The van der Waals surface area contributed by atoms with Crippen molar-refractivity contribution in [3.63, 3.8) is 0 Å². The summed E-state index contributed by atoms with van der Waals surface area (Å²) in [6, 6.07) is 25.3. The lowest BCUT2D eigenvalue weighted by molar-refractivity contribution is 1.13. The van der Waals surface area contributed by atoms with Crippen molar-refractivity contribution in [2.75, 3.05) is 44.5 Å². The molecule has 0 saturated heterocycles. The lowest BCUT2D eigenvalue weighted by Gasteiger charge is -2.14. The zero-order chi connectivity index (χ0) is 29.2. The molecule has 0 amide bonds. The summed E-state index contributed by atoms with van der Waals surface area (Å²) in [5.74, 6) is 0. The average Bonchev–Trinajstić information content (AvgIpc) is 2.98. The zero-order valence-electron chi connectivity index (χ0n) is 24.6. The molecule has 0 aliphatic heterocycles. The average molecular weight is 560 g/mol. The third kappa shape index (κ3) is 8.09. The second-order valence-electron chi connectivity index (χ2n) is 10.1. The van der Waals surface area contributed by atoms with Crippen molar-refractivity contribution in [3.05, 3.63) is 155 Å². The fourth-order valence-corrected chi connectivity index (χ4v) is 4.65. The van der Waals surface area contributed by atoms with E-state index in [1.54, 1.807) is 0 Å². The second kappa shape index (κ2) is 14.3. The molecule has 0 saturated carbocycles.